The fourth-order valence-electron chi connectivity index (χ4n) is 2.04. The van der Waals surface area contributed by atoms with E-state index in [2.05, 4.69) is 0 Å². The van der Waals surface area contributed by atoms with Crippen LogP contribution in [0.4, 0.5) is 5.69 Å². The normalized spacial score (nSPS) is 11.6. The van der Waals surface area contributed by atoms with Gasteiger partial charge in [-0.3, -0.25) is 4.31 Å². The van der Waals surface area contributed by atoms with Crippen LogP contribution in [0.2, 0.25) is 0 Å². The predicted molar refractivity (Wildman–Crippen MR) is 81.7 cm³/mol. The fraction of sp³-hybridized carbons (Fsp3) is 0.286. The number of hydrogen-bond donors (Lipinski definition) is 1. The molecule has 0 aliphatic heterocycles. The number of aryl methyl sites for hydroxylation is 2. The molecule has 1 aromatic heterocycles. The highest BCUT2D eigenvalue weighted by Crippen LogP contribution is 2.31. The second kappa shape index (κ2) is 5.55. The number of hydrogen-bond acceptors (Lipinski definition) is 4. The number of aliphatic hydroxyl groups is 1. The average molecular weight is 311 g/mol. The Morgan fingerprint density at radius 2 is 2.00 bits per heavy atom. The summed E-state index contributed by atoms with van der Waals surface area (Å²) < 4.78 is 26.7. The molecule has 4 nitrogen and oxygen atoms in total. The second-order valence-corrected chi connectivity index (χ2v) is 7.51. The van der Waals surface area contributed by atoms with Crippen molar-refractivity contribution < 1.29 is 13.5 Å². The summed E-state index contributed by atoms with van der Waals surface area (Å²) >= 11 is 1.26. The van der Waals surface area contributed by atoms with Crippen molar-refractivity contribution >= 4 is 27.0 Å². The van der Waals surface area contributed by atoms with Crippen LogP contribution in [0.15, 0.2) is 34.5 Å². The molecule has 6 heteroatoms. The smallest absolute Gasteiger partial charge is 0.265 e. The number of aliphatic hydroxyl groups excluding tert-OH is 1. The minimum atomic E-state index is -3.66. The Labute approximate surface area is 123 Å². The van der Waals surface area contributed by atoms with Gasteiger partial charge in [-0.25, -0.2) is 8.42 Å². The van der Waals surface area contributed by atoms with E-state index in [-0.39, 0.29) is 11.5 Å². The number of thiophene rings is 1. The lowest BCUT2D eigenvalue weighted by Gasteiger charge is -2.20. The molecule has 0 bridgehead atoms. The molecular formula is C14H17NO3S2. The first-order valence-electron chi connectivity index (χ1n) is 6.11. The van der Waals surface area contributed by atoms with Crippen LogP contribution in [0.5, 0.6) is 0 Å². The lowest BCUT2D eigenvalue weighted by Crippen LogP contribution is -2.27. The zero-order valence-corrected chi connectivity index (χ0v) is 13.3. The van der Waals surface area contributed by atoms with Crippen molar-refractivity contribution in [2.24, 2.45) is 0 Å². The first kappa shape index (κ1) is 15.0. The molecule has 0 amide bonds. The maximum Gasteiger partial charge on any atom is 0.265 e. The summed E-state index contributed by atoms with van der Waals surface area (Å²) in [7, 11) is -2.13. The quantitative estimate of drug-likeness (QED) is 0.944. The monoisotopic (exact) mass is 311 g/mol. The maximum atomic E-state index is 12.7. The number of sulfonamides is 1. The molecule has 1 aromatic carbocycles. The standard InChI is InChI=1S/C14H17NO3S2/c1-10-5-4-6-12(7-10)15(3)20(17,18)14-11(2)9-19-13(14)8-16/h4-7,9,16H,8H2,1-3H3. The number of nitrogens with zero attached hydrogens (tertiary/aromatic N) is 1. The Morgan fingerprint density at radius 3 is 2.60 bits per heavy atom. The molecule has 0 aliphatic carbocycles. The highest BCUT2D eigenvalue weighted by molar-refractivity contribution is 7.93. The van der Waals surface area contributed by atoms with Gasteiger partial charge in [0, 0.05) is 7.05 Å². The summed E-state index contributed by atoms with van der Waals surface area (Å²) in [4.78, 5) is 0.691. The van der Waals surface area contributed by atoms with Crippen molar-refractivity contribution in [3.05, 3.63) is 45.6 Å². The van der Waals surface area contributed by atoms with Crippen LogP contribution in [0.3, 0.4) is 0 Å². The molecule has 0 atom stereocenters. The van der Waals surface area contributed by atoms with Crippen LogP contribution in [0.1, 0.15) is 16.0 Å². The van der Waals surface area contributed by atoms with Gasteiger partial charge < -0.3 is 5.11 Å². The topological polar surface area (TPSA) is 57.6 Å². The minimum Gasteiger partial charge on any atom is -0.391 e. The molecule has 0 aliphatic rings. The Morgan fingerprint density at radius 1 is 1.30 bits per heavy atom. The number of benzene rings is 1. The molecule has 2 aromatic rings. The molecule has 108 valence electrons. The van der Waals surface area contributed by atoms with E-state index in [1.807, 2.05) is 25.1 Å². The van der Waals surface area contributed by atoms with E-state index < -0.39 is 10.0 Å². The van der Waals surface area contributed by atoms with Crippen LogP contribution in [-0.4, -0.2) is 20.6 Å². The van der Waals surface area contributed by atoms with Gasteiger partial charge in [0.1, 0.15) is 4.90 Å². The maximum absolute atomic E-state index is 12.7. The first-order chi connectivity index (χ1) is 9.37. The molecule has 1 N–H and O–H groups in total. The molecule has 20 heavy (non-hydrogen) atoms. The third-order valence-corrected chi connectivity index (χ3v) is 6.35. The third kappa shape index (κ3) is 2.59. The van der Waals surface area contributed by atoms with E-state index in [4.69, 9.17) is 0 Å². The van der Waals surface area contributed by atoms with Gasteiger partial charge in [-0.15, -0.1) is 11.3 Å². The fourth-order valence-corrected chi connectivity index (χ4v) is 4.84. The molecule has 0 fully saturated rings. The van der Waals surface area contributed by atoms with Crippen molar-refractivity contribution in [3.63, 3.8) is 0 Å². The largest absolute Gasteiger partial charge is 0.391 e. The average Bonchev–Trinajstić information content (AvgIpc) is 2.79. The van der Waals surface area contributed by atoms with Crippen molar-refractivity contribution in [1.82, 2.24) is 0 Å². The van der Waals surface area contributed by atoms with Crippen molar-refractivity contribution in [1.29, 1.82) is 0 Å². The van der Waals surface area contributed by atoms with Crippen LogP contribution in [0.25, 0.3) is 0 Å². The Bertz CT molecular complexity index is 720. The van der Waals surface area contributed by atoms with Crippen LogP contribution < -0.4 is 4.31 Å². The zero-order chi connectivity index (χ0) is 14.9. The van der Waals surface area contributed by atoms with E-state index in [9.17, 15) is 13.5 Å². The minimum absolute atomic E-state index is 0.217. The van der Waals surface area contributed by atoms with Gasteiger partial charge in [-0.2, -0.15) is 0 Å². The summed E-state index contributed by atoms with van der Waals surface area (Å²) in [5, 5.41) is 11.1. The van der Waals surface area contributed by atoms with Gasteiger partial charge in [0.15, 0.2) is 0 Å². The molecule has 0 saturated carbocycles. The molecule has 0 spiro atoms. The van der Waals surface area contributed by atoms with Crippen molar-refractivity contribution in [3.8, 4) is 0 Å². The van der Waals surface area contributed by atoms with Gasteiger partial charge in [-0.1, -0.05) is 12.1 Å². The van der Waals surface area contributed by atoms with Crippen molar-refractivity contribution in [2.75, 3.05) is 11.4 Å². The van der Waals surface area contributed by atoms with E-state index >= 15 is 0 Å². The van der Waals surface area contributed by atoms with E-state index in [1.54, 1.807) is 18.4 Å². The van der Waals surface area contributed by atoms with Crippen LogP contribution >= 0.6 is 11.3 Å². The van der Waals surface area contributed by atoms with Crippen LogP contribution in [-0.2, 0) is 16.6 Å². The molecule has 0 unspecified atom stereocenters. The van der Waals surface area contributed by atoms with E-state index in [0.717, 1.165) is 5.56 Å². The van der Waals surface area contributed by atoms with Gasteiger partial charge in [0.2, 0.25) is 0 Å². The van der Waals surface area contributed by atoms with E-state index in [1.165, 1.54) is 22.7 Å². The summed E-state index contributed by atoms with van der Waals surface area (Å²) in [5.74, 6) is 0. The van der Waals surface area contributed by atoms with Crippen molar-refractivity contribution in [2.45, 2.75) is 25.3 Å². The molecular weight excluding hydrogens is 294 g/mol. The lowest BCUT2D eigenvalue weighted by molar-refractivity contribution is 0.282. The summed E-state index contributed by atoms with van der Waals surface area (Å²) in [6, 6.07) is 7.31. The Balaban J connectivity index is 2.52. The number of rotatable bonds is 4. The van der Waals surface area contributed by atoms with Gasteiger partial charge in [0.25, 0.3) is 10.0 Å². The number of anilines is 1. The zero-order valence-electron chi connectivity index (χ0n) is 11.6. The highest BCUT2D eigenvalue weighted by Gasteiger charge is 2.27. The SMILES string of the molecule is Cc1cccc(N(C)S(=O)(=O)c2c(C)csc2CO)c1. The van der Waals surface area contributed by atoms with Gasteiger partial charge in [-0.05, 0) is 42.5 Å². The Kier molecular flexibility index (Phi) is 4.17. The molecule has 1 heterocycles. The molecule has 0 saturated heterocycles. The van der Waals surface area contributed by atoms with Gasteiger partial charge in [0.05, 0.1) is 17.2 Å². The van der Waals surface area contributed by atoms with Crippen LogP contribution in [0, 0.1) is 13.8 Å². The lowest BCUT2D eigenvalue weighted by atomic mass is 10.2. The predicted octanol–water partition coefficient (Wildman–Crippen LogP) is 2.68. The summed E-state index contributed by atoms with van der Waals surface area (Å²) in [5.41, 5.74) is 2.27. The van der Waals surface area contributed by atoms with Gasteiger partial charge >= 0.3 is 0 Å². The highest BCUT2D eigenvalue weighted by atomic mass is 32.2. The summed E-state index contributed by atoms with van der Waals surface area (Å²) in [6.07, 6.45) is 0. The molecule has 2 rings (SSSR count). The second-order valence-electron chi connectivity index (χ2n) is 4.64. The first-order valence-corrected chi connectivity index (χ1v) is 8.43. The summed E-state index contributed by atoms with van der Waals surface area (Å²) in [6.45, 7) is 3.39. The third-order valence-electron chi connectivity index (χ3n) is 3.12. The van der Waals surface area contributed by atoms with E-state index in [0.29, 0.717) is 16.1 Å². The molecule has 0 radical (unpaired) electrons. The Hall–Kier alpha value is -1.37.